The molecule has 0 aliphatic rings. The quantitative estimate of drug-likeness (QED) is 0.644. The summed E-state index contributed by atoms with van der Waals surface area (Å²) in [7, 11) is 0. The van der Waals surface area contributed by atoms with Gasteiger partial charge >= 0.3 is 5.97 Å². The molecule has 1 atom stereocenters. The van der Waals surface area contributed by atoms with Gasteiger partial charge in [-0.05, 0) is 57.4 Å². The van der Waals surface area contributed by atoms with Gasteiger partial charge in [0.1, 0.15) is 0 Å². The monoisotopic (exact) mass is 334 g/mol. The van der Waals surface area contributed by atoms with Crippen molar-refractivity contribution in [2.45, 2.75) is 59.4 Å². The molecule has 1 aromatic rings. The zero-order valence-electron chi connectivity index (χ0n) is 15.3. The van der Waals surface area contributed by atoms with E-state index in [0.29, 0.717) is 25.3 Å². The summed E-state index contributed by atoms with van der Waals surface area (Å²) in [6.07, 6.45) is 0.865. The summed E-state index contributed by atoms with van der Waals surface area (Å²) in [5, 5.41) is 15.2. The largest absolute Gasteiger partial charge is 0.481 e. The highest BCUT2D eigenvalue weighted by molar-refractivity contribution is 5.91. The maximum atomic E-state index is 12.1. The van der Waals surface area contributed by atoms with E-state index in [0.717, 1.165) is 5.69 Å². The highest BCUT2D eigenvalue weighted by atomic mass is 16.4. The predicted octanol–water partition coefficient (Wildman–Crippen LogP) is 3.62. The lowest BCUT2D eigenvalue weighted by molar-refractivity contribution is -0.147. The molecule has 5 nitrogen and oxygen atoms in total. The first kappa shape index (κ1) is 20.2. The number of benzene rings is 1. The molecular formula is C19H30N2O3. The van der Waals surface area contributed by atoms with E-state index < -0.39 is 11.4 Å². The first-order valence-corrected chi connectivity index (χ1v) is 8.48. The minimum Gasteiger partial charge on any atom is -0.481 e. The summed E-state index contributed by atoms with van der Waals surface area (Å²) in [5.74, 6) is -0.390. The highest BCUT2D eigenvalue weighted by Gasteiger charge is 2.26. The number of hydrogen-bond acceptors (Lipinski definition) is 3. The van der Waals surface area contributed by atoms with E-state index in [1.54, 1.807) is 13.8 Å². The van der Waals surface area contributed by atoms with Crippen molar-refractivity contribution in [1.29, 1.82) is 0 Å². The molecule has 0 radical (unpaired) electrons. The standard InChI is InChI=1S/C19H30N2O3/c1-13(2)15-6-8-16(9-7-15)21-17(22)12-14(3)20-11-10-19(4,5)18(23)24/h6-9,13-14,20H,10-12H2,1-5H3,(H,21,22)(H,23,24). The third kappa shape index (κ3) is 6.71. The number of carbonyl (C=O) groups excluding carboxylic acids is 1. The summed E-state index contributed by atoms with van der Waals surface area (Å²) in [4.78, 5) is 23.1. The lowest BCUT2D eigenvalue weighted by atomic mass is 9.89. The van der Waals surface area contributed by atoms with Gasteiger partial charge in [-0.15, -0.1) is 0 Å². The molecule has 1 aromatic carbocycles. The highest BCUT2D eigenvalue weighted by Crippen LogP contribution is 2.19. The molecule has 0 spiro atoms. The van der Waals surface area contributed by atoms with Crippen LogP contribution in [0.1, 0.15) is 58.9 Å². The molecule has 0 saturated heterocycles. The van der Waals surface area contributed by atoms with Crippen molar-refractivity contribution in [2.24, 2.45) is 5.41 Å². The molecule has 0 aromatic heterocycles. The van der Waals surface area contributed by atoms with Crippen molar-refractivity contribution in [3.8, 4) is 0 Å². The van der Waals surface area contributed by atoms with Gasteiger partial charge in [0.2, 0.25) is 5.91 Å². The summed E-state index contributed by atoms with van der Waals surface area (Å²) in [6.45, 7) is 10.2. The summed E-state index contributed by atoms with van der Waals surface area (Å²) in [6, 6.07) is 7.87. The lowest BCUT2D eigenvalue weighted by Crippen LogP contribution is -2.35. The van der Waals surface area contributed by atoms with Crippen LogP contribution >= 0.6 is 0 Å². The van der Waals surface area contributed by atoms with E-state index in [4.69, 9.17) is 5.11 Å². The Bertz CT molecular complexity index is 550. The SMILES string of the molecule is CC(CC(=O)Nc1ccc(C(C)C)cc1)NCCC(C)(C)C(=O)O. The first-order valence-electron chi connectivity index (χ1n) is 8.48. The first-order chi connectivity index (χ1) is 11.1. The van der Waals surface area contributed by atoms with Crippen LogP contribution < -0.4 is 10.6 Å². The number of rotatable bonds is 9. The topological polar surface area (TPSA) is 78.4 Å². The number of anilines is 1. The molecule has 0 aliphatic heterocycles. The second kappa shape index (κ2) is 8.83. The Morgan fingerprint density at radius 2 is 1.71 bits per heavy atom. The fourth-order valence-corrected chi connectivity index (χ4v) is 2.25. The van der Waals surface area contributed by atoms with Gasteiger partial charge in [-0.25, -0.2) is 0 Å². The zero-order valence-corrected chi connectivity index (χ0v) is 15.3. The van der Waals surface area contributed by atoms with Crippen molar-refractivity contribution in [1.82, 2.24) is 5.32 Å². The molecule has 24 heavy (non-hydrogen) atoms. The van der Waals surface area contributed by atoms with Gasteiger partial charge in [0.15, 0.2) is 0 Å². The summed E-state index contributed by atoms with van der Waals surface area (Å²) in [5.41, 5.74) is 1.28. The molecule has 1 unspecified atom stereocenters. The van der Waals surface area contributed by atoms with Crippen molar-refractivity contribution < 1.29 is 14.7 Å². The van der Waals surface area contributed by atoms with Gasteiger partial charge in [0.05, 0.1) is 5.41 Å². The number of nitrogens with one attached hydrogen (secondary N) is 2. The lowest BCUT2D eigenvalue weighted by Gasteiger charge is -2.21. The Morgan fingerprint density at radius 3 is 2.21 bits per heavy atom. The number of hydrogen-bond donors (Lipinski definition) is 3. The maximum Gasteiger partial charge on any atom is 0.309 e. The molecule has 0 bridgehead atoms. The Kier molecular flexibility index (Phi) is 7.42. The van der Waals surface area contributed by atoms with Crippen molar-refractivity contribution in [3.63, 3.8) is 0 Å². The van der Waals surface area contributed by atoms with E-state index in [1.807, 2.05) is 31.2 Å². The van der Waals surface area contributed by atoms with Crippen LogP contribution in [0.5, 0.6) is 0 Å². The molecule has 0 heterocycles. The van der Waals surface area contributed by atoms with Gasteiger partial charge in [0, 0.05) is 18.2 Å². The number of carboxylic acids is 1. The Morgan fingerprint density at radius 1 is 1.12 bits per heavy atom. The van der Waals surface area contributed by atoms with Gasteiger partial charge < -0.3 is 15.7 Å². The van der Waals surface area contributed by atoms with E-state index >= 15 is 0 Å². The fraction of sp³-hybridized carbons (Fsp3) is 0.579. The Hall–Kier alpha value is -1.88. The van der Waals surface area contributed by atoms with Crippen LogP contribution in [0, 0.1) is 5.41 Å². The van der Waals surface area contributed by atoms with Crippen LogP contribution in [0.3, 0.4) is 0 Å². The fourth-order valence-electron chi connectivity index (χ4n) is 2.25. The second-order valence-corrected chi connectivity index (χ2v) is 7.32. The van der Waals surface area contributed by atoms with E-state index in [-0.39, 0.29) is 11.9 Å². The van der Waals surface area contributed by atoms with Gasteiger partial charge in [0.25, 0.3) is 0 Å². The van der Waals surface area contributed by atoms with Crippen LogP contribution in [0.4, 0.5) is 5.69 Å². The third-order valence-electron chi connectivity index (χ3n) is 4.17. The molecule has 5 heteroatoms. The third-order valence-corrected chi connectivity index (χ3v) is 4.17. The number of carbonyl (C=O) groups is 2. The van der Waals surface area contributed by atoms with Gasteiger partial charge in [-0.3, -0.25) is 9.59 Å². The van der Waals surface area contributed by atoms with Gasteiger partial charge in [-0.2, -0.15) is 0 Å². The second-order valence-electron chi connectivity index (χ2n) is 7.32. The van der Waals surface area contributed by atoms with Crippen LogP contribution in [-0.2, 0) is 9.59 Å². The zero-order chi connectivity index (χ0) is 18.3. The van der Waals surface area contributed by atoms with Crippen molar-refractivity contribution in [3.05, 3.63) is 29.8 Å². The molecule has 134 valence electrons. The Labute approximate surface area is 144 Å². The number of carboxylic acid groups (broad SMARTS) is 1. The smallest absolute Gasteiger partial charge is 0.309 e. The van der Waals surface area contributed by atoms with Crippen LogP contribution in [0.2, 0.25) is 0 Å². The molecule has 0 aliphatic carbocycles. The summed E-state index contributed by atoms with van der Waals surface area (Å²) < 4.78 is 0. The number of amides is 1. The van der Waals surface area contributed by atoms with Crippen molar-refractivity contribution in [2.75, 3.05) is 11.9 Å². The minimum atomic E-state index is -0.806. The van der Waals surface area contributed by atoms with Crippen LogP contribution in [-0.4, -0.2) is 29.6 Å². The number of aliphatic carboxylic acids is 1. The molecule has 0 fully saturated rings. The average Bonchev–Trinajstić information content (AvgIpc) is 2.47. The minimum absolute atomic E-state index is 0.00969. The normalized spacial score (nSPS) is 12.9. The van der Waals surface area contributed by atoms with E-state index in [1.165, 1.54) is 5.56 Å². The molecule has 1 rings (SSSR count). The molecular weight excluding hydrogens is 304 g/mol. The average molecular weight is 334 g/mol. The van der Waals surface area contributed by atoms with Crippen molar-refractivity contribution >= 4 is 17.6 Å². The van der Waals surface area contributed by atoms with Crippen LogP contribution in [0.15, 0.2) is 24.3 Å². The van der Waals surface area contributed by atoms with E-state index in [9.17, 15) is 9.59 Å². The van der Waals surface area contributed by atoms with E-state index in [2.05, 4.69) is 24.5 Å². The van der Waals surface area contributed by atoms with Gasteiger partial charge in [-0.1, -0.05) is 26.0 Å². The maximum absolute atomic E-state index is 12.1. The molecule has 1 amide bonds. The Balaban J connectivity index is 2.37. The summed E-state index contributed by atoms with van der Waals surface area (Å²) >= 11 is 0. The predicted molar refractivity (Wildman–Crippen MR) is 97.3 cm³/mol. The molecule has 0 saturated carbocycles. The van der Waals surface area contributed by atoms with Crippen LogP contribution in [0.25, 0.3) is 0 Å². The molecule has 3 N–H and O–H groups in total.